The SMILES string of the molecule is CCCc1nc(NC)c(C)c(N2CCC(C)(C)CC2)n1. The van der Waals surface area contributed by atoms with Crippen LogP contribution in [0.5, 0.6) is 0 Å². The van der Waals surface area contributed by atoms with Crippen LogP contribution in [-0.2, 0) is 6.42 Å². The van der Waals surface area contributed by atoms with Crippen molar-refractivity contribution in [2.24, 2.45) is 5.41 Å². The van der Waals surface area contributed by atoms with Gasteiger partial charge >= 0.3 is 0 Å². The van der Waals surface area contributed by atoms with Gasteiger partial charge in [0.2, 0.25) is 0 Å². The first kappa shape index (κ1) is 15.1. The van der Waals surface area contributed by atoms with E-state index in [9.17, 15) is 0 Å². The van der Waals surface area contributed by atoms with Crippen LogP contribution in [0.4, 0.5) is 11.6 Å². The van der Waals surface area contributed by atoms with Crippen LogP contribution in [0.1, 0.15) is 51.4 Å². The zero-order chi connectivity index (χ0) is 14.8. The van der Waals surface area contributed by atoms with E-state index in [2.05, 4.69) is 42.9 Å². The third-order valence-corrected chi connectivity index (χ3v) is 4.29. The second kappa shape index (κ2) is 5.98. The van der Waals surface area contributed by atoms with Crippen LogP contribution in [0.2, 0.25) is 0 Å². The lowest BCUT2D eigenvalue weighted by Gasteiger charge is -2.38. The maximum atomic E-state index is 4.82. The molecule has 112 valence electrons. The molecule has 0 bridgehead atoms. The molecule has 1 aliphatic rings. The van der Waals surface area contributed by atoms with E-state index in [-0.39, 0.29) is 0 Å². The highest BCUT2D eigenvalue weighted by molar-refractivity contribution is 5.58. The van der Waals surface area contributed by atoms with Gasteiger partial charge in [-0.15, -0.1) is 0 Å². The predicted molar refractivity (Wildman–Crippen MR) is 85.5 cm³/mol. The molecule has 4 nitrogen and oxygen atoms in total. The van der Waals surface area contributed by atoms with E-state index in [1.807, 2.05) is 7.05 Å². The summed E-state index contributed by atoms with van der Waals surface area (Å²) in [5.74, 6) is 3.06. The monoisotopic (exact) mass is 276 g/mol. The minimum atomic E-state index is 0.468. The van der Waals surface area contributed by atoms with Crippen LogP contribution in [0, 0.1) is 12.3 Å². The Morgan fingerprint density at radius 2 is 1.85 bits per heavy atom. The summed E-state index contributed by atoms with van der Waals surface area (Å²) in [6.45, 7) is 11.2. The summed E-state index contributed by atoms with van der Waals surface area (Å²) in [4.78, 5) is 11.9. The maximum absolute atomic E-state index is 4.82. The Morgan fingerprint density at radius 3 is 2.40 bits per heavy atom. The van der Waals surface area contributed by atoms with Crippen molar-refractivity contribution in [1.82, 2.24) is 9.97 Å². The second-order valence-corrected chi connectivity index (χ2v) is 6.59. The molecule has 0 unspecified atom stereocenters. The Labute approximate surface area is 123 Å². The number of rotatable bonds is 4. The molecule has 2 heterocycles. The lowest BCUT2D eigenvalue weighted by atomic mass is 9.82. The summed E-state index contributed by atoms with van der Waals surface area (Å²) < 4.78 is 0. The third kappa shape index (κ3) is 3.22. The zero-order valence-electron chi connectivity index (χ0n) is 13.6. The predicted octanol–water partition coefficient (Wildman–Crippen LogP) is 3.41. The first-order valence-corrected chi connectivity index (χ1v) is 7.77. The van der Waals surface area contributed by atoms with Gasteiger partial charge in [0.15, 0.2) is 0 Å². The number of nitrogens with zero attached hydrogens (tertiary/aromatic N) is 3. The van der Waals surface area contributed by atoms with Gasteiger partial charge in [0, 0.05) is 32.1 Å². The standard InChI is InChI=1S/C16H28N4/c1-6-7-13-18-14(17-5)12(2)15(19-13)20-10-8-16(3,4)9-11-20/h6-11H2,1-5H3,(H,17,18,19). The molecule has 0 radical (unpaired) electrons. The van der Waals surface area contributed by atoms with Gasteiger partial charge in [-0.3, -0.25) is 0 Å². The van der Waals surface area contributed by atoms with Crippen molar-refractivity contribution >= 4 is 11.6 Å². The lowest BCUT2D eigenvalue weighted by molar-refractivity contribution is 0.279. The van der Waals surface area contributed by atoms with Crippen molar-refractivity contribution in [2.45, 2.75) is 53.4 Å². The summed E-state index contributed by atoms with van der Waals surface area (Å²) in [6.07, 6.45) is 4.49. The van der Waals surface area contributed by atoms with Crippen LogP contribution in [-0.4, -0.2) is 30.1 Å². The Kier molecular flexibility index (Phi) is 4.51. The van der Waals surface area contributed by atoms with Crippen molar-refractivity contribution in [1.29, 1.82) is 0 Å². The van der Waals surface area contributed by atoms with Crippen molar-refractivity contribution in [3.05, 3.63) is 11.4 Å². The van der Waals surface area contributed by atoms with Crippen LogP contribution < -0.4 is 10.2 Å². The third-order valence-electron chi connectivity index (χ3n) is 4.29. The molecule has 4 heteroatoms. The molecule has 0 aromatic carbocycles. The molecular formula is C16H28N4. The highest BCUT2D eigenvalue weighted by atomic mass is 15.2. The van der Waals surface area contributed by atoms with Crippen LogP contribution in [0.3, 0.4) is 0 Å². The Hall–Kier alpha value is -1.32. The number of nitrogens with one attached hydrogen (secondary N) is 1. The molecule has 1 aromatic heterocycles. The molecule has 0 saturated carbocycles. The molecule has 0 atom stereocenters. The van der Waals surface area contributed by atoms with Gasteiger partial charge in [-0.2, -0.15) is 0 Å². The summed E-state index contributed by atoms with van der Waals surface area (Å²) in [5, 5.41) is 3.21. The van der Waals surface area contributed by atoms with E-state index in [1.165, 1.54) is 18.4 Å². The maximum Gasteiger partial charge on any atom is 0.137 e. The van der Waals surface area contributed by atoms with Crippen molar-refractivity contribution in [2.75, 3.05) is 30.4 Å². The molecule has 1 fully saturated rings. The van der Waals surface area contributed by atoms with Crippen LogP contribution in [0.15, 0.2) is 0 Å². The van der Waals surface area contributed by atoms with E-state index in [4.69, 9.17) is 4.98 Å². The summed E-state index contributed by atoms with van der Waals surface area (Å²) in [7, 11) is 1.94. The van der Waals surface area contributed by atoms with E-state index < -0.39 is 0 Å². The molecule has 2 rings (SSSR count). The lowest BCUT2D eigenvalue weighted by Crippen LogP contribution is -2.38. The number of aromatic nitrogens is 2. The summed E-state index contributed by atoms with van der Waals surface area (Å²) in [5.41, 5.74) is 1.64. The van der Waals surface area contributed by atoms with Gasteiger partial charge in [-0.25, -0.2) is 9.97 Å². The van der Waals surface area contributed by atoms with Gasteiger partial charge in [-0.1, -0.05) is 20.8 Å². The summed E-state index contributed by atoms with van der Waals surface area (Å²) >= 11 is 0. The minimum Gasteiger partial charge on any atom is -0.373 e. The van der Waals surface area contributed by atoms with Gasteiger partial charge in [0.1, 0.15) is 17.5 Å². The number of aryl methyl sites for hydroxylation is 1. The summed E-state index contributed by atoms with van der Waals surface area (Å²) in [6, 6.07) is 0. The minimum absolute atomic E-state index is 0.468. The first-order valence-electron chi connectivity index (χ1n) is 7.77. The highest BCUT2D eigenvalue weighted by Crippen LogP contribution is 2.33. The smallest absolute Gasteiger partial charge is 0.137 e. The molecule has 1 aromatic rings. The van der Waals surface area contributed by atoms with Gasteiger partial charge in [-0.05, 0) is 31.6 Å². The van der Waals surface area contributed by atoms with E-state index >= 15 is 0 Å². The fraction of sp³-hybridized carbons (Fsp3) is 0.750. The number of anilines is 2. The van der Waals surface area contributed by atoms with Crippen LogP contribution >= 0.6 is 0 Å². The molecule has 1 saturated heterocycles. The Bertz CT molecular complexity index is 458. The Balaban J connectivity index is 2.28. The topological polar surface area (TPSA) is 41.1 Å². The highest BCUT2D eigenvalue weighted by Gasteiger charge is 2.27. The quantitative estimate of drug-likeness (QED) is 0.915. The van der Waals surface area contributed by atoms with E-state index in [1.54, 1.807) is 0 Å². The molecule has 20 heavy (non-hydrogen) atoms. The number of piperidine rings is 1. The van der Waals surface area contributed by atoms with Crippen molar-refractivity contribution in [3.63, 3.8) is 0 Å². The van der Waals surface area contributed by atoms with Gasteiger partial charge in [0.05, 0.1) is 0 Å². The first-order chi connectivity index (χ1) is 9.46. The van der Waals surface area contributed by atoms with Crippen LogP contribution in [0.25, 0.3) is 0 Å². The van der Waals surface area contributed by atoms with Gasteiger partial charge in [0.25, 0.3) is 0 Å². The molecule has 0 spiro atoms. The molecule has 0 aliphatic carbocycles. The number of hydrogen-bond acceptors (Lipinski definition) is 4. The Morgan fingerprint density at radius 1 is 1.20 bits per heavy atom. The molecular weight excluding hydrogens is 248 g/mol. The number of hydrogen-bond donors (Lipinski definition) is 1. The van der Waals surface area contributed by atoms with E-state index in [0.717, 1.165) is 43.4 Å². The van der Waals surface area contributed by atoms with Gasteiger partial charge < -0.3 is 10.2 Å². The second-order valence-electron chi connectivity index (χ2n) is 6.59. The normalized spacial score (nSPS) is 18.1. The fourth-order valence-corrected chi connectivity index (χ4v) is 2.76. The van der Waals surface area contributed by atoms with Crippen molar-refractivity contribution in [3.8, 4) is 0 Å². The zero-order valence-corrected chi connectivity index (χ0v) is 13.6. The molecule has 1 N–H and O–H groups in total. The molecule has 0 amide bonds. The molecule has 1 aliphatic heterocycles. The van der Waals surface area contributed by atoms with E-state index in [0.29, 0.717) is 5.41 Å². The van der Waals surface area contributed by atoms with Crippen molar-refractivity contribution < 1.29 is 0 Å². The average molecular weight is 276 g/mol. The largest absolute Gasteiger partial charge is 0.373 e. The fourth-order valence-electron chi connectivity index (χ4n) is 2.76. The average Bonchev–Trinajstić information content (AvgIpc) is 2.41.